The van der Waals surface area contributed by atoms with Crippen molar-refractivity contribution in [1.82, 2.24) is 15.1 Å². The summed E-state index contributed by atoms with van der Waals surface area (Å²) in [4.78, 5) is 8.76. The van der Waals surface area contributed by atoms with Crippen LogP contribution in [-0.2, 0) is 5.60 Å². The first-order valence-corrected chi connectivity index (χ1v) is 9.75. The number of hydrogen-bond donors (Lipinski definition) is 1. The Morgan fingerprint density at radius 1 is 1.14 bits per heavy atom. The van der Waals surface area contributed by atoms with Crippen LogP contribution in [0.4, 0.5) is 4.39 Å². The second kappa shape index (κ2) is 7.62. The summed E-state index contributed by atoms with van der Waals surface area (Å²) in [6, 6.07) is 10.9. The lowest BCUT2D eigenvalue weighted by atomic mass is 10.1. The Hall–Kier alpha value is -2.68. The van der Waals surface area contributed by atoms with Gasteiger partial charge in [0.25, 0.3) is 0 Å². The van der Waals surface area contributed by atoms with Crippen LogP contribution in [0.25, 0.3) is 22.9 Å². The number of nitrogens with zero attached hydrogens (tertiary/aromatic N) is 3. The molecule has 0 saturated carbocycles. The third kappa shape index (κ3) is 4.34. The number of pyridine rings is 1. The van der Waals surface area contributed by atoms with Crippen LogP contribution in [-0.4, -0.2) is 20.2 Å². The van der Waals surface area contributed by atoms with Crippen molar-refractivity contribution in [2.24, 2.45) is 0 Å². The van der Waals surface area contributed by atoms with Crippen LogP contribution >= 0.6 is 23.4 Å². The molecule has 3 heterocycles. The normalized spacial score (nSPS) is 11.8. The maximum absolute atomic E-state index is 13.3. The maximum Gasteiger partial charge on any atom is 0.228 e. The van der Waals surface area contributed by atoms with Gasteiger partial charge in [-0.3, -0.25) is 0 Å². The van der Waals surface area contributed by atoms with E-state index in [-0.39, 0.29) is 11.7 Å². The van der Waals surface area contributed by atoms with Gasteiger partial charge in [0, 0.05) is 17.8 Å². The summed E-state index contributed by atoms with van der Waals surface area (Å²) in [6.07, 6.45) is 1.53. The second-order valence-electron chi connectivity index (χ2n) is 6.71. The molecule has 4 rings (SSSR count). The molecule has 0 aliphatic rings. The third-order valence-corrected chi connectivity index (χ3v) is 5.09. The van der Waals surface area contributed by atoms with Gasteiger partial charge in [-0.2, -0.15) is 0 Å². The molecule has 0 aliphatic heterocycles. The van der Waals surface area contributed by atoms with E-state index >= 15 is 0 Å². The molecule has 3 aromatic heterocycles. The molecule has 0 spiro atoms. The van der Waals surface area contributed by atoms with Crippen molar-refractivity contribution in [2.75, 3.05) is 0 Å². The molecule has 0 radical (unpaired) electrons. The van der Waals surface area contributed by atoms with Gasteiger partial charge in [-0.15, -0.1) is 0 Å². The Morgan fingerprint density at radius 2 is 1.90 bits per heavy atom. The number of oxazole rings is 1. The first-order valence-electron chi connectivity index (χ1n) is 8.56. The summed E-state index contributed by atoms with van der Waals surface area (Å²) in [7, 11) is 0. The van der Waals surface area contributed by atoms with Gasteiger partial charge in [0.2, 0.25) is 5.89 Å². The van der Waals surface area contributed by atoms with Crippen LogP contribution < -0.4 is 0 Å². The minimum atomic E-state index is -1.17. The van der Waals surface area contributed by atoms with Gasteiger partial charge in [0.05, 0.1) is 5.02 Å². The van der Waals surface area contributed by atoms with Crippen molar-refractivity contribution in [2.45, 2.75) is 29.6 Å². The smallest absolute Gasteiger partial charge is 0.228 e. The van der Waals surface area contributed by atoms with E-state index in [0.29, 0.717) is 37.9 Å². The zero-order valence-electron chi connectivity index (χ0n) is 15.4. The molecule has 0 aliphatic carbocycles. The molecule has 29 heavy (non-hydrogen) atoms. The molecule has 0 unspecified atom stereocenters. The fourth-order valence-corrected chi connectivity index (χ4v) is 3.35. The monoisotopic (exact) mass is 431 g/mol. The Morgan fingerprint density at radius 3 is 2.52 bits per heavy atom. The quantitative estimate of drug-likeness (QED) is 0.442. The topological polar surface area (TPSA) is 85.2 Å². The van der Waals surface area contributed by atoms with Gasteiger partial charge in [0.15, 0.2) is 16.5 Å². The van der Waals surface area contributed by atoms with E-state index in [4.69, 9.17) is 20.5 Å². The van der Waals surface area contributed by atoms with Crippen LogP contribution in [0.15, 0.2) is 67.7 Å². The van der Waals surface area contributed by atoms with E-state index in [2.05, 4.69) is 15.1 Å². The van der Waals surface area contributed by atoms with Crippen LogP contribution in [0.5, 0.6) is 0 Å². The number of hydrogen-bond acceptors (Lipinski definition) is 7. The number of aliphatic hydroxyl groups is 1. The Bertz CT molecular complexity index is 1140. The molecule has 148 valence electrons. The van der Waals surface area contributed by atoms with Crippen molar-refractivity contribution in [3.63, 3.8) is 0 Å². The summed E-state index contributed by atoms with van der Waals surface area (Å²) < 4.78 is 24.6. The second-order valence-corrected chi connectivity index (χ2v) is 8.14. The fourth-order valence-electron chi connectivity index (χ4n) is 2.44. The molecule has 6 nitrogen and oxygen atoms in total. The highest BCUT2D eigenvalue weighted by Crippen LogP contribution is 2.39. The van der Waals surface area contributed by atoms with E-state index in [0.717, 1.165) is 0 Å². The van der Waals surface area contributed by atoms with Gasteiger partial charge < -0.3 is 14.0 Å². The van der Waals surface area contributed by atoms with Crippen molar-refractivity contribution < 1.29 is 18.4 Å². The number of halogens is 2. The van der Waals surface area contributed by atoms with Gasteiger partial charge in [-0.05, 0) is 62.0 Å². The first kappa shape index (κ1) is 19.6. The van der Waals surface area contributed by atoms with Crippen LogP contribution in [0.1, 0.15) is 19.5 Å². The van der Waals surface area contributed by atoms with Crippen LogP contribution in [0.2, 0.25) is 5.02 Å². The van der Waals surface area contributed by atoms with Gasteiger partial charge >= 0.3 is 0 Å². The number of rotatable bonds is 5. The molecule has 0 atom stereocenters. The first-order chi connectivity index (χ1) is 13.8. The molecule has 9 heteroatoms. The van der Waals surface area contributed by atoms with E-state index in [9.17, 15) is 9.50 Å². The molecule has 0 amide bonds. The van der Waals surface area contributed by atoms with Crippen molar-refractivity contribution in [1.29, 1.82) is 0 Å². The van der Waals surface area contributed by atoms with Crippen LogP contribution in [0.3, 0.4) is 0 Å². The predicted molar refractivity (Wildman–Crippen MR) is 106 cm³/mol. The summed E-state index contributed by atoms with van der Waals surface area (Å²) in [5.74, 6) is 0.263. The highest BCUT2D eigenvalue weighted by atomic mass is 35.5. The molecule has 1 N–H and O–H groups in total. The van der Waals surface area contributed by atoms with Crippen molar-refractivity contribution >= 4 is 23.4 Å². The minimum absolute atomic E-state index is 0.290. The minimum Gasteiger partial charge on any atom is -0.429 e. The maximum atomic E-state index is 13.3. The molecule has 0 fully saturated rings. The average molecular weight is 432 g/mol. The largest absolute Gasteiger partial charge is 0.429 e. The summed E-state index contributed by atoms with van der Waals surface area (Å²) in [5, 5.41) is 15.6. The SMILES string of the molecule is CC(C)(O)c1cc(-c2nc(-c3ccc(F)cc3)oc2Sc2ccc(Cl)cn2)on1. The van der Waals surface area contributed by atoms with Gasteiger partial charge in [0.1, 0.15) is 22.1 Å². The lowest BCUT2D eigenvalue weighted by Crippen LogP contribution is -2.15. The van der Waals surface area contributed by atoms with E-state index in [1.807, 2.05) is 0 Å². The number of aromatic nitrogens is 3. The molecule has 4 aromatic rings. The van der Waals surface area contributed by atoms with Crippen LogP contribution in [0, 0.1) is 5.82 Å². The zero-order valence-corrected chi connectivity index (χ0v) is 17.0. The van der Waals surface area contributed by atoms with Crippen molar-refractivity contribution in [3.8, 4) is 22.9 Å². The highest BCUT2D eigenvalue weighted by molar-refractivity contribution is 7.99. The third-order valence-electron chi connectivity index (χ3n) is 3.96. The summed E-state index contributed by atoms with van der Waals surface area (Å²) >= 11 is 7.13. The lowest BCUT2D eigenvalue weighted by molar-refractivity contribution is 0.0701. The molecule has 1 aromatic carbocycles. The zero-order chi connectivity index (χ0) is 20.6. The molecular weight excluding hydrogens is 417 g/mol. The summed E-state index contributed by atoms with van der Waals surface area (Å²) in [6.45, 7) is 3.21. The molecular formula is C20H15ClFN3O3S. The van der Waals surface area contributed by atoms with Gasteiger partial charge in [-0.25, -0.2) is 14.4 Å². The summed E-state index contributed by atoms with van der Waals surface area (Å²) in [5.41, 5.74) is 0.190. The Balaban J connectivity index is 1.77. The standard InChI is InChI=1S/C20H15ClFN3O3S/c1-20(2,26)15-9-14(28-25-15)17-19(29-16-8-5-12(21)10-23-16)27-18(24-17)11-3-6-13(22)7-4-11/h3-10,26H,1-2H3. The molecule has 0 saturated heterocycles. The fraction of sp³-hybridized carbons (Fsp3) is 0.150. The van der Waals surface area contributed by atoms with Gasteiger partial charge in [-0.1, -0.05) is 16.8 Å². The van der Waals surface area contributed by atoms with E-state index in [1.54, 1.807) is 44.2 Å². The van der Waals surface area contributed by atoms with Crippen molar-refractivity contribution in [3.05, 3.63) is 65.2 Å². The predicted octanol–water partition coefficient (Wildman–Crippen LogP) is 5.56. The Kier molecular flexibility index (Phi) is 5.16. The van der Waals surface area contributed by atoms with E-state index in [1.165, 1.54) is 30.1 Å². The highest BCUT2D eigenvalue weighted by Gasteiger charge is 2.26. The molecule has 0 bridgehead atoms. The average Bonchev–Trinajstić information content (AvgIpc) is 3.31. The lowest BCUT2D eigenvalue weighted by Gasteiger charge is -2.11. The Labute approximate surface area is 174 Å². The van der Waals surface area contributed by atoms with E-state index < -0.39 is 5.60 Å². The number of benzene rings is 1.